The highest BCUT2D eigenvalue weighted by atomic mass is 32.2. The number of pyridine rings is 1. The summed E-state index contributed by atoms with van der Waals surface area (Å²) in [6.45, 7) is 3.00. The Morgan fingerprint density at radius 3 is 2.94 bits per heavy atom. The molecule has 0 aliphatic rings. The van der Waals surface area contributed by atoms with Gasteiger partial charge in [0, 0.05) is 24.4 Å². The standard InChI is InChI=1S/C12H20N2OS/c1-4-10(9-16-3)13-8-11-6-5-7-12(14-11)15-2/h5-7,10,13H,4,8-9H2,1-3H3. The van der Waals surface area contributed by atoms with Crippen molar-refractivity contribution in [2.45, 2.75) is 25.9 Å². The maximum atomic E-state index is 5.09. The summed E-state index contributed by atoms with van der Waals surface area (Å²) in [7, 11) is 1.64. The first-order valence-electron chi connectivity index (χ1n) is 5.52. The Morgan fingerprint density at radius 2 is 2.31 bits per heavy atom. The molecule has 1 aromatic heterocycles. The zero-order chi connectivity index (χ0) is 11.8. The van der Waals surface area contributed by atoms with Crippen LogP contribution >= 0.6 is 11.8 Å². The Hall–Kier alpha value is -0.740. The van der Waals surface area contributed by atoms with E-state index in [2.05, 4.69) is 23.5 Å². The van der Waals surface area contributed by atoms with Gasteiger partial charge in [0.2, 0.25) is 5.88 Å². The lowest BCUT2D eigenvalue weighted by Gasteiger charge is -2.15. The monoisotopic (exact) mass is 240 g/mol. The van der Waals surface area contributed by atoms with E-state index >= 15 is 0 Å². The van der Waals surface area contributed by atoms with Gasteiger partial charge in [0.05, 0.1) is 12.8 Å². The van der Waals surface area contributed by atoms with Crippen molar-refractivity contribution in [2.75, 3.05) is 19.1 Å². The Kier molecular flexibility index (Phi) is 6.26. The van der Waals surface area contributed by atoms with E-state index in [1.54, 1.807) is 7.11 Å². The topological polar surface area (TPSA) is 34.1 Å². The molecule has 16 heavy (non-hydrogen) atoms. The Balaban J connectivity index is 2.46. The Bertz CT molecular complexity index is 307. The molecular formula is C12H20N2OS. The minimum atomic E-state index is 0.558. The highest BCUT2D eigenvalue weighted by molar-refractivity contribution is 7.98. The number of ether oxygens (including phenoxy) is 1. The van der Waals surface area contributed by atoms with Crippen molar-refractivity contribution in [1.29, 1.82) is 0 Å². The lowest BCUT2D eigenvalue weighted by atomic mass is 10.2. The van der Waals surface area contributed by atoms with Gasteiger partial charge in [-0.1, -0.05) is 13.0 Å². The van der Waals surface area contributed by atoms with E-state index in [1.807, 2.05) is 30.0 Å². The number of hydrogen-bond acceptors (Lipinski definition) is 4. The van der Waals surface area contributed by atoms with Gasteiger partial charge in [-0.15, -0.1) is 0 Å². The molecule has 0 aliphatic heterocycles. The molecule has 1 heterocycles. The minimum absolute atomic E-state index is 0.558. The summed E-state index contributed by atoms with van der Waals surface area (Å²) >= 11 is 1.87. The van der Waals surface area contributed by atoms with Gasteiger partial charge in [-0.05, 0) is 18.7 Å². The second-order valence-corrected chi connectivity index (χ2v) is 4.52. The zero-order valence-corrected chi connectivity index (χ0v) is 11.0. The molecule has 1 atom stereocenters. The molecule has 4 heteroatoms. The third kappa shape index (κ3) is 4.41. The SMILES string of the molecule is CCC(CSC)NCc1cccc(OC)n1. The largest absolute Gasteiger partial charge is 0.481 e. The van der Waals surface area contributed by atoms with Crippen LogP contribution in [0.1, 0.15) is 19.0 Å². The Morgan fingerprint density at radius 1 is 1.50 bits per heavy atom. The number of rotatable bonds is 7. The van der Waals surface area contributed by atoms with E-state index in [0.717, 1.165) is 24.4 Å². The number of hydrogen-bond donors (Lipinski definition) is 1. The first-order valence-corrected chi connectivity index (χ1v) is 6.91. The van der Waals surface area contributed by atoms with Crippen LogP contribution in [0.3, 0.4) is 0 Å². The van der Waals surface area contributed by atoms with Gasteiger partial charge in [-0.3, -0.25) is 0 Å². The lowest BCUT2D eigenvalue weighted by Crippen LogP contribution is -2.30. The number of nitrogens with zero attached hydrogens (tertiary/aromatic N) is 1. The zero-order valence-electron chi connectivity index (χ0n) is 10.2. The average Bonchev–Trinajstić information content (AvgIpc) is 2.34. The summed E-state index contributed by atoms with van der Waals surface area (Å²) in [5.41, 5.74) is 1.03. The predicted molar refractivity (Wildman–Crippen MR) is 70.1 cm³/mol. The first-order chi connectivity index (χ1) is 7.80. The van der Waals surface area contributed by atoms with Crippen LogP contribution in [0.5, 0.6) is 5.88 Å². The molecule has 0 bridgehead atoms. The van der Waals surface area contributed by atoms with Gasteiger partial charge < -0.3 is 10.1 Å². The maximum Gasteiger partial charge on any atom is 0.213 e. The molecule has 90 valence electrons. The van der Waals surface area contributed by atoms with Gasteiger partial charge in [0.15, 0.2) is 0 Å². The molecule has 1 N–H and O–H groups in total. The van der Waals surface area contributed by atoms with Crippen LogP contribution in [0.2, 0.25) is 0 Å². The smallest absolute Gasteiger partial charge is 0.213 e. The molecule has 1 aromatic rings. The number of nitrogens with one attached hydrogen (secondary N) is 1. The van der Waals surface area contributed by atoms with Crippen LogP contribution in [-0.4, -0.2) is 30.1 Å². The molecule has 0 aliphatic carbocycles. The van der Waals surface area contributed by atoms with Crippen LogP contribution in [0, 0.1) is 0 Å². The van der Waals surface area contributed by atoms with Crippen molar-refractivity contribution in [3.63, 3.8) is 0 Å². The highest BCUT2D eigenvalue weighted by Gasteiger charge is 2.05. The van der Waals surface area contributed by atoms with E-state index in [9.17, 15) is 0 Å². The van der Waals surface area contributed by atoms with Crippen molar-refractivity contribution in [2.24, 2.45) is 0 Å². The van der Waals surface area contributed by atoms with Gasteiger partial charge >= 0.3 is 0 Å². The first kappa shape index (κ1) is 13.3. The quantitative estimate of drug-likeness (QED) is 0.793. The summed E-state index contributed by atoms with van der Waals surface area (Å²) < 4.78 is 5.09. The van der Waals surface area contributed by atoms with E-state index in [-0.39, 0.29) is 0 Å². The van der Waals surface area contributed by atoms with Gasteiger partial charge in [-0.2, -0.15) is 11.8 Å². The van der Waals surface area contributed by atoms with Gasteiger partial charge in [-0.25, -0.2) is 4.98 Å². The third-order valence-corrected chi connectivity index (χ3v) is 3.16. The van der Waals surface area contributed by atoms with Crippen LogP contribution in [0.15, 0.2) is 18.2 Å². The molecule has 0 aromatic carbocycles. The van der Waals surface area contributed by atoms with E-state index < -0.39 is 0 Å². The summed E-state index contributed by atoms with van der Waals surface area (Å²) in [5, 5.41) is 3.50. The van der Waals surface area contributed by atoms with Crippen molar-refractivity contribution in [3.05, 3.63) is 23.9 Å². The number of methoxy groups -OCH3 is 1. The average molecular weight is 240 g/mol. The molecule has 0 spiro atoms. The van der Waals surface area contributed by atoms with Crippen molar-refractivity contribution in [1.82, 2.24) is 10.3 Å². The molecule has 1 unspecified atom stereocenters. The molecular weight excluding hydrogens is 220 g/mol. The number of aromatic nitrogens is 1. The minimum Gasteiger partial charge on any atom is -0.481 e. The van der Waals surface area contributed by atoms with Crippen molar-refractivity contribution < 1.29 is 4.74 Å². The van der Waals surface area contributed by atoms with Crippen LogP contribution in [0.25, 0.3) is 0 Å². The highest BCUT2D eigenvalue weighted by Crippen LogP contribution is 2.07. The second kappa shape index (κ2) is 7.52. The van der Waals surface area contributed by atoms with Crippen LogP contribution in [0.4, 0.5) is 0 Å². The van der Waals surface area contributed by atoms with Gasteiger partial charge in [0.25, 0.3) is 0 Å². The normalized spacial score (nSPS) is 12.4. The number of thioether (sulfide) groups is 1. The summed E-state index contributed by atoms with van der Waals surface area (Å²) in [6.07, 6.45) is 3.28. The summed E-state index contributed by atoms with van der Waals surface area (Å²) in [6, 6.07) is 6.41. The van der Waals surface area contributed by atoms with Crippen molar-refractivity contribution in [3.8, 4) is 5.88 Å². The molecule has 0 radical (unpaired) electrons. The van der Waals surface area contributed by atoms with Crippen LogP contribution in [-0.2, 0) is 6.54 Å². The van der Waals surface area contributed by atoms with E-state index in [4.69, 9.17) is 4.74 Å². The fourth-order valence-corrected chi connectivity index (χ4v) is 2.20. The third-order valence-electron chi connectivity index (χ3n) is 2.42. The molecule has 0 saturated carbocycles. The predicted octanol–water partition coefficient (Wildman–Crippen LogP) is 2.32. The molecule has 0 saturated heterocycles. The van der Waals surface area contributed by atoms with E-state index in [1.165, 1.54) is 0 Å². The van der Waals surface area contributed by atoms with E-state index in [0.29, 0.717) is 11.9 Å². The Labute approximate surface area is 102 Å². The fourth-order valence-electron chi connectivity index (χ4n) is 1.44. The second-order valence-electron chi connectivity index (χ2n) is 3.61. The molecule has 0 fully saturated rings. The van der Waals surface area contributed by atoms with Crippen LogP contribution < -0.4 is 10.1 Å². The molecule has 1 rings (SSSR count). The maximum absolute atomic E-state index is 5.09. The molecule has 0 amide bonds. The molecule has 3 nitrogen and oxygen atoms in total. The van der Waals surface area contributed by atoms with Crippen molar-refractivity contribution >= 4 is 11.8 Å². The lowest BCUT2D eigenvalue weighted by molar-refractivity contribution is 0.395. The van der Waals surface area contributed by atoms with Gasteiger partial charge in [0.1, 0.15) is 0 Å². The summed E-state index contributed by atoms with van der Waals surface area (Å²) in [5.74, 6) is 1.82. The summed E-state index contributed by atoms with van der Waals surface area (Å²) in [4.78, 5) is 4.37. The fraction of sp³-hybridized carbons (Fsp3) is 0.583.